The molecule has 4 rings (SSSR count). The molecule has 1 aliphatic heterocycles. The van der Waals surface area contributed by atoms with Crippen molar-refractivity contribution in [3.8, 4) is 11.1 Å². The first-order valence-electron chi connectivity index (χ1n) is 8.91. The fourth-order valence-corrected chi connectivity index (χ4v) is 3.99. The van der Waals surface area contributed by atoms with Gasteiger partial charge in [-0.2, -0.15) is 0 Å². The number of nitrogens with zero attached hydrogens (tertiary/aromatic N) is 2. The molecule has 3 aromatic rings. The Bertz CT molecular complexity index is 1070. The van der Waals surface area contributed by atoms with Gasteiger partial charge in [-0.3, -0.25) is 0 Å². The van der Waals surface area contributed by atoms with Gasteiger partial charge >= 0.3 is 0 Å². The predicted molar refractivity (Wildman–Crippen MR) is 107 cm³/mol. The molecule has 0 saturated heterocycles. The molecule has 1 aliphatic rings. The van der Waals surface area contributed by atoms with E-state index in [1.807, 2.05) is 42.5 Å². The fraction of sp³-hybridized carbons (Fsp3) is 0.143. The number of nitrogens with one attached hydrogen (secondary N) is 1. The van der Waals surface area contributed by atoms with E-state index in [0.717, 1.165) is 22.4 Å². The topological polar surface area (TPSA) is 80.7 Å². The Morgan fingerprint density at radius 3 is 2.29 bits per heavy atom. The molecule has 0 aliphatic carbocycles. The third-order valence-electron chi connectivity index (χ3n) is 4.47. The number of hydrogen-bond acceptors (Lipinski definition) is 5. The van der Waals surface area contributed by atoms with Crippen LogP contribution in [0.1, 0.15) is 12.0 Å². The minimum atomic E-state index is -3.66. The lowest BCUT2D eigenvalue weighted by atomic mass is 10.0. The van der Waals surface area contributed by atoms with Gasteiger partial charge in [-0.1, -0.05) is 65.8 Å². The molecule has 0 radical (unpaired) electrons. The van der Waals surface area contributed by atoms with Crippen molar-refractivity contribution in [2.45, 2.75) is 17.6 Å². The zero-order chi connectivity index (χ0) is 19.4. The molecule has 6 nitrogen and oxygen atoms in total. The second-order valence-electron chi connectivity index (χ2n) is 6.43. The molecule has 0 spiro atoms. The van der Waals surface area contributed by atoms with Crippen LogP contribution in [0.25, 0.3) is 11.1 Å². The SMILES string of the molecule is O=S(=O)(NCC1CC(c2ccc(-c3ccccc3)cc2)=NO1)c1ccccn1. The molecule has 28 heavy (non-hydrogen) atoms. The zero-order valence-corrected chi connectivity index (χ0v) is 15.8. The number of aromatic nitrogens is 1. The number of rotatable bonds is 6. The van der Waals surface area contributed by atoms with E-state index >= 15 is 0 Å². The third-order valence-corrected chi connectivity index (χ3v) is 5.81. The van der Waals surface area contributed by atoms with Crippen molar-refractivity contribution < 1.29 is 13.3 Å². The fourth-order valence-electron chi connectivity index (χ4n) is 2.98. The van der Waals surface area contributed by atoms with E-state index in [1.165, 1.54) is 12.3 Å². The van der Waals surface area contributed by atoms with Gasteiger partial charge in [0.25, 0.3) is 10.0 Å². The van der Waals surface area contributed by atoms with Gasteiger partial charge in [0, 0.05) is 12.6 Å². The minimum absolute atomic E-state index is 0.00867. The van der Waals surface area contributed by atoms with Crippen LogP contribution < -0.4 is 4.72 Å². The molecule has 0 saturated carbocycles. The first-order valence-corrected chi connectivity index (χ1v) is 10.4. The van der Waals surface area contributed by atoms with Crippen LogP contribution >= 0.6 is 0 Å². The van der Waals surface area contributed by atoms with Crippen molar-refractivity contribution in [1.82, 2.24) is 9.71 Å². The minimum Gasteiger partial charge on any atom is -0.390 e. The first-order chi connectivity index (χ1) is 13.6. The largest absolute Gasteiger partial charge is 0.390 e. The van der Waals surface area contributed by atoms with Crippen LogP contribution in [0.3, 0.4) is 0 Å². The Labute approximate surface area is 163 Å². The molecule has 2 heterocycles. The lowest BCUT2D eigenvalue weighted by molar-refractivity contribution is 0.0891. The Morgan fingerprint density at radius 2 is 1.57 bits per heavy atom. The summed E-state index contributed by atoms with van der Waals surface area (Å²) in [6.07, 6.45) is 1.64. The first kappa shape index (κ1) is 18.3. The molecule has 1 aromatic heterocycles. The van der Waals surface area contributed by atoms with Gasteiger partial charge in [0.1, 0.15) is 6.10 Å². The molecule has 142 valence electrons. The predicted octanol–water partition coefficient (Wildman–Crippen LogP) is 3.22. The Hall–Kier alpha value is -3.03. The zero-order valence-electron chi connectivity index (χ0n) is 15.0. The highest BCUT2D eigenvalue weighted by Crippen LogP contribution is 2.22. The standard InChI is InChI=1S/C21H19N3O3S/c25-28(26,21-8-4-5-13-22-21)23-15-19-14-20(24-27-19)18-11-9-17(10-12-18)16-6-2-1-3-7-16/h1-13,19,23H,14-15H2. The van der Waals surface area contributed by atoms with Gasteiger partial charge in [0.2, 0.25) is 0 Å². The molecular weight excluding hydrogens is 374 g/mol. The van der Waals surface area contributed by atoms with Gasteiger partial charge in [0.05, 0.1) is 12.3 Å². The second-order valence-corrected chi connectivity index (χ2v) is 8.15. The van der Waals surface area contributed by atoms with Crippen LogP contribution in [0.4, 0.5) is 0 Å². The van der Waals surface area contributed by atoms with E-state index in [2.05, 4.69) is 27.0 Å². The summed E-state index contributed by atoms with van der Waals surface area (Å²) >= 11 is 0. The second kappa shape index (κ2) is 7.92. The van der Waals surface area contributed by atoms with Gasteiger partial charge in [-0.25, -0.2) is 18.1 Å². The maximum atomic E-state index is 12.2. The lowest BCUT2D eigenvalue weighted by Gasteiger charge is -2.10. The normalized spacial score (nSPS) is 16.4. The number of benzene rings is 2. The average Bonchev–Trinajstić information content (AvgIpc) is 3.23. The number of pyridine rings is 1. The van der Waals surface area contributed by atoms with Crippen LogP contribution in [-0.2, 0) is 14.9 Å². The van der Waals surface area contributed by atoms with Crippen molar-refractivity contribution in [3.63, 3.8) is 0 Å². The van der Waals surface area contributed by atoms with Crippen LogP contribution in [0.5, 0.6) is 0 Å². The van der Waals surface area contributed by atoms with E-state index in [1.54, 1.807) is 12.1 Å². The van der Waals surface area contributed by atoms with E-state index in [9.17, 15) is 8.42 Å². The number of sulfonamides is 1. The van der Waals surface area contributed by atoms with Crippen molar-refractivity contribution in [3.05, 3.63) is 84.6 Å². The van der Waals surface area contributed by atoms with E-state index < -0.39 is 10.0 Å². The summed E-state index contributed by atoms with van der Waals surface area (Å²) in [7, 11) is -3.66. The number of oxime groups is 1. The summed E-state index contributed by atoms with van der Waals surface area (Å²) in [6.45, 7) is 0.133. The summed E-state index contributed by atoms with van der Waals surface area (Å²) < 4.78 is 27.0. The average molecular weight is 393 g/mol. The summed E-state index contributed by atoms with van der Waals surface area (Å²) in [5, 5.41) is 4.12. The van der Waals surface area contributed by atoms with Crippen LogP contribution in [0.2, 0.25) is 0 Å². The monoisotopic (exact) mass is 393 g/mol. The molecule has 1 N–H and O–H groups in total. The molecule has 0 bridgehead atoms. The van der Waals surface area contributed by atoms with Crippen molar-refractivity contribution in [2.75, 3.05) is 6.54 Å². The highest BCUT2D eigenvalue weighted by molar-refractivity contribution is 7.89. The molecule has 0 amide bonds. The smallest absolute Gasteiger partial charge is 0.258 e. The maximum Gasteiger partial charge on any atom is 0.258 e. The molecule has 7 heteroatoms. The summed E-state index contributed by atoms with van der Waals surface area (Å²) in [5.41, 5.74) is 4.06. The van der Waals surface area contributed by atoms with Gasteiger partial charge in [-0.15, -0.1) is 0 Å². The Morgan fingerprint density at radius 1 is 0.893 bits per heavy atom. The molecule has 1 atom stereocenters. The highest BCUT2D eigenvalue weighted by Gasteiger charge is 2.25. The summed E-state index contributed by atoms with van der Waals surface area (Å²) in [4.78, 5) is 9.28. The Kier molecular flexibility index (Phi) is 5.18. The van der Waals surface area contributed by atoms with Gasteiger partial charge < -0.3 is 4.84 Å². The van der Waals surface area contributed by atoms with Gasteiger partial charge in [-0.05, 0) is 28.8 Å². The van der Waals surface area contributed by atoms with Crippen LogP contribution in [0.15, 0.2) is 89.2 Å². The lowest BCUT2D eigenvalue weighted by Crippen LogP contribution is -2.32. The highest BCUT2D eigenvalue weighted by atomic mass is 32.2. The molecule has 0 fully saturated rings. The number of hydrogen-bond donors (Lipinski definition) is 1. The van der Waals surface area contributed by atoms with Crippen molar-refractivity contribution >= 4 is 15.7 Å². The third kappa shape index (κ3) is 4.11. The van der Waals surface area contributed by atoms with E-state index in [4.69, 9.17) is 4.84 Å². The van der Waals surface area contributed by atoms with Crippen molar-refractivity contribution in [2.24, 2.45) is 5.16 Å². The Balaban J connectivity index is 1.36. The molecular formula is C21H19N3O3S. The molecule has 1 unspecified atom stereocenters. The van der Waals surface area contributed by atoms with E-state index in [0.29, 0.717) is 6.42 Å². The molecule has 2 aromatic carbocycles. The van der Waals surface area contributed by atoms with E-state index in [-0.39, 0.29) is 17.7 Å². The van der Waals surface area contributed by atoms with Gasteiger partial charge in [0.15, 0.2) is 5.03 Å². The summed E-state index contributed by atoms with van der Waals surface area (Å²) in [6, 6.07) is 23.0. The van der Waals surface area contributed by atoms with Crippen LogP contribution in [-0.4, -0.2) is 31.8 Å². The quantitative estimate of drug-likeness (QED) is 0.697. The summed E-state index contributed by atoms with van der Waals surface area (Å²) in [5.74, 6) is 0. The van der Waals surface area contributed by atoms with Crippen LogP contribution in [0, 0.1) is 0 Å². The maximum absolute atomic E-state index is 12.2. The van der Waals surface area contributed by atoms with Crippen molar-refractivity contribution in [1.29, 1.82) is 0 Å².